The summed E-state index contributed by atoms with van der Waals surface area (Å²) in [5.74, 6) is -0.0834. The lowest BCUT2D eigenvalue weighted by Crippen LogP contribution is -2.20. The summed E-state index contributed by atoms with van der Waals surface area (Å²) < 4.78 is 12.2. The van der Waals surface area contributed by atoms with Crippen molar-refractivity contribution in [3.8, 4) is 17.3 Å². The molecule has 2 heterocycles. The smallest absolute Gasteiger partial charge is 0.255 e. The molecule has 0 radical (unpaired) electrons. The SMILES string of the molecule is COc1cc(C(=O)Nc2ccc(-n3ccnc3)nc2)cc(Cl)c1OCC(N)=O. The molecule has 2 aromatic heterocycles. The van der Waals surface area contributed by atoms with Crippen LogP contribution in [0.25, 0.3) is 5.82 Å². The van der Waals surface area contributed by atoms with Gasteiger partial charge in [-0.25, -0.2) is 9.97 Å². The molecule has 0 bridgehead atoms. The minimum absolute atomic E-state index is 0.110. The molecule has 10 heteroatoms. The number of ether oxygens (including phenoxy) is 2. The number of pyridine rings is 1. The molecule has 0 saturated carbocycles. The number of imidazole rings is 1. The monoisotopic (exact) mass is 401 g/mol. The Kier molecular flexibility index (Phi) is 5.75. The molecule has 0 aliphatic carbocycles. The molecular formula is C18H16ClN5O4. The predicted molar refractivity (Wildman–Crippen MR) is 102 cm³/mol. The highest BCUT2D eigenvalue weighted by Gasteiger charge is 2.17. The largest absolute Gasteiger partial charge is 0.493 e. The zero-order chi connectivity index (χ0) is 20.1. The lowest BCUT2D eigenvalue weighted by Gasteiger charge is -2.13. The Morgan fingerprint density at radius 2 is 2.14 bits per heavy atom. The van der Waals surface area contributed by atoms with Crippen molar-refractivity contribution in [1.29, 1.82) is 0 Å². The fraction of sp³-hybridized carbons (Fsp3) is 0.111. The van der Waals surface area contributed by atoms with E-state index in [9.17, 15) is 9.59 Å². The average molecular weight is 402 g/mol. The predicted octanol–water partition coefficient (Wildman–Crippen LogP) is 2.05. The number of anilines is 1. The molecule has 0 spiro atoms. The van der Waals surface area contributed by atoms with E-state index in [0.29, 0.717) is 11.5 Å². The molecule has 0 aliphatic heterocycles. The van der Waals surface area contributed by atoms with Crippen LogP contribution in [0.2, 0.25) is 5.02 Å². The van der Waals surface area contributed by atoms with Crippen molar-refractivity contribution in [2.24, 2.45) is 5.73 Å². The highest BCUT2D eigenvalue weighted by atomic mass is 35.5. The first kappa shape index (κ1) is 19.2. The first-order valence-corrected chi connectivity index (χ1v) is 8.40. The molecule has 3 aromatic rings. The van der Waals surface area contributed by atoms with E-state index in [0.717, 1.165) is 0 Å². The van der Waals surface area contributed by atoms with Gasteiger partial charge in [-0.1, -0.05) is 11.6 Å². The van der Waals surface area contributed by atoms with E-state index in [1.165, 1.54) is 25.4 Å². The summed E-state index contributed by atoms with van der Waals surface area (Å²) in [6, 6.07) is 6.31. The number of nitrogens with one attached hydrogen (secondary N) is 1. The number of aromatic nitrogens is 3. The second-order valence-electron chi connectivity index (χ2n) is 5.57. The maximum atomic E-state index is 12.5. The van der Waals surface area contributed by atoms with Crippen molar-refractivity contribution in [1.82, 2.24) is 14.5 Å². The summed E-state index contributed by atoms with van der Waals surface area (Å²) in [7, 11) is 1.39. The van der Waals surface area contributed by atoms with Gasteiger partial charge in [0.2, 0.25) is 0 Å². The molecule has 3 rings (SSSR count). The van der Waals surface area contributed by atoms with E-state index >= 15 is 0 Å². The maximum absolute atomic E-state index is 12.5. The van der Waals surface area contributed by atoms with Gasteiger partial charge in [-0.3, -0.25) is 14.2 Å². The van der Waals surface area contributed by atoms with E-state index < -0.39 is 11.8 Å². The third kappa shape index (κ3) is 4.38. The molecule has 28 heavy (non-hydrogen) atoms. The van der Waals surface area contributed by atoms with Crippen molar-refractivity contribution in [2.45, 2.75) is 0 Å². The average Bonchev–Trinajstić information content (AvgIpc) is 3.21. The van der Waals surface area contributed by atoms with Crippen molar-refractivity contribution in [3.63, 3.8) is 0 Å². The summed E-state index contributed by atoms with van der Waals surface area (Å²) in [6.07, 6.45) is 6.55. The molecule has 3 N–H and O–H groups in total. The summed E-state index contributed by atoms with van der Waals surface area (Å²) in [6.45, 7) is -0.365. The Morgan fingerprint density at radius 3 is 2.75 bits per heavy atom. The number of primary amides is 1. The molecule has 0 aliphatic rings. The van der Waals surface area contributed by atoms with Crippen molar-refractivity contribution in [3.05, 3.63) is 59.8 Å². The normalized spacial score (nSPS) is 10.4. The van der Waals surface area contributed by atoms with E-state index in [2.05, 4.69) is 15.3 Å². The quantitative estimate of drug-likeness (QED) is 0.624. The van der Waals surface area contributed by atoms with E-state index in [1.807, 2.05) is 0 Å². The van der Waals surface area contributed by atoms with Crippen LogP contribution in [0.5, 0.6) is 11.5 Å². The van der Waals surface area contributed by atoms with Crippen LogP contribution < -0.4 is 20.5 Å². The maximum Gasteiger partial charge on any atom is 0.255 e. The number of rotatable bonds is 7. The lowest BCUT2D eigenvalue weighted by atomic mass is 10.2. The summed E-state index contributed by atoms with van der Waals surface area (Å²) in [5.41, 5.74) is 5.81. The van der Waals surface area contributed by atoms with E-state index in [-0.39, 0.29) is 28.7 Å². The van der Waals surface area contributed by atoms with Crippen LogP contribution >= 0.6 is 11.6 Å². The number of hydrogen-bond acceptors (Lipinski definition) is 6. The van der Waals surface area contributed by atoms with Crippen molar-refractivity contribution < 1.29 is 19.1 Å². The molecule has 0 saturated heterocycles. The van der Waals surface area contributed by atoms with Crippen LogP contribution in [0.1, 0.15) is 10.4 Å². The molecule has 0 fully saturated rings. The van der Waals surface area contributed by atoms with Crippen LogP contribution in [-0.4, -0.2) is 40.1 Å². The van der Waals surface area contributed by atoms with Gasteiger partial charge >= 0.3 is 0 Å². The molecule has 9 nitrogen and oxygen atoms in total. The standard InChI is InChI=1S/C18H16ClN5O4/c1-27-14-7-11(6-13(19)17(14)28-9-15(20)25)18(26)23-12-2-3-16(22-8-12)24-5-4-21-10-24/h2-8,10H,9H2,1H3,(H2,20,25)(H,23,26). The second-order valence-corrected chi connectivity index (χ2v) is 5.98. The fourth-order valence-electron chi connectivity index (χ4n) is 2.34. The minimum atomic E-state index is -0.661. The zero-order valence-electron chi connectivity index (χ0n) is 14.8. The van der Waals surface area contributed by atoms with Gasteiger partial charge in [0.25, 0.3) is 11.8 Å². The Labute approximate surface area is 165 Å². The number of carbonyl (C=O) groups excluding carboxylic acids is 2. The van der Waals surface area contributed by atoms with Gasteiger partial charge in [0.05, 0.1) is 24.0 Å². The van der Waals surface area contributed by atoms with Crippen LogP contribution in [0.3, 0.4) is 0 Å². The molecular weight excluding hydrogens is 386 g/mol. The summed E-state index contributed by atoms with van der Waals surface area (Å²) in [4.78, 5) is 31.7. The van der Waals surface area contributed by atoms with Crippen LogP contribution in [-0.2, 0) is 4.79 Å². The summed E-state index contributed by atoms with van der Waals surface area (Å²) >= 11 is 6.16. The number of halogens is 1. The molecule has 144 valence electrons. The van der Waals surface area contributed by atoms with Gasteiger partial charge in [-0.2, -0.15) is 0 Å². The Morgan fingerprint density at radius 1 is 1.32 bits per heavy atom. The third-order valence-corrected chi connectivity index (χ3v) is 3.91. The number of nitrogens with zero attached hydrogens (tertiary/aromatic N) is 3. The molecule has 0 atom stereocenters. The number of nitrogens with two attached hydrogens (primary N) is 1. The minimum Gasteiger partial charge on any atom is -0.493 e. The Hall–Kier alpha value is -3.59. The van der Waals surface area contributed by atoms with Gasteiger partial charge in [0.1, 0.15) is 12.1 Å². The molecule has 0 unspecified atom stereocenters. The molecule has 1 aromatic carbocycles. The number of amides is 2. The van der Waals surface area contributed by atoms with E-state index in [1.54, 1.807) is 35.4 Å². The lowest BCUT2D eigenvalue weighted by molar-refractivity contribution is -0.119. The Bertz CT molecular complexity index is 990. The third-order valence-electron chi connectivity index (χ3n) is 3.63. The number of methoxy groups -OCH3 is 1. The van der Waals surface area contributed by atoms with Gasteiger partial charge in [-0.05, 0) is 24.3 Å². The van der Waals surface area contributed by atoms with Crippen molar-refractivity contribution in [2.75, 3.05) is 19.0 Å². The zero-order valence-corrected chi connectivity index (χ0v) is 15.5. The van der Waals surface area contributed by atoms with Gasteiger partial charge in [-0.15, -0.1) is 0 Å². The van der Waals surface area contributed by atoms with Gasteiger partial charge in [0.15, 0.2) is 18.1 Å². The Balaban J connectivity index is 1.76. The first-order chi connectivity index (χ1) is 13.5. The van der Waals surface area contributed by atoms with Crippen molar-refractivity contribution >= 4 is 29.1 Å². The first-order valence-electron chi connectivity index (χ1n) is 8.02. The number of carbonyl (C=O) groups is 2. The number of benzene rings is 1. The van der Waals surface area contributed by atoms with Crippen LogP contribution in [0.4, 0.5) is 5.69 Å². The highest BCUT2D eigenvalue weighted by molar-refractivity contribution is 6.32. The number of hydrogen-bond donors (Lipinski definition) is 2. The van der Waals surface area contributed by atoms with E-state index in [4.69, 9.17) is 26.8 Å². The van der Waals surface area contributed by atoms with Crippen LogP contribution in [0, 0.1) is 0 Å². The summed E-state index contributed by atoms with van der Waals surface area (Å²) in [5, 5.41) is 2.83. The topological polar surface area (TPSA) is 121 Å². The fourth-order valence-corrected chi connectivity index (χ4v) is 2.61. The second kappa shape index (κ2) is 8.40. The highest BCUT2D eigenvalue weighted by Crippen LogP contribution is 2.36. The van der Waals surface area contributed by atoms with Crippen LogP contribution in [0.15, 0.2) is 49.2 Å². The van der Waals surface area contributed by atoms with Gasteiger partial charge < -0.3 is 20.5 Å². The van der Waals surface area contributed by atoms with Gasteiger partial charge in [0, 0.05) is 18.0 Å². The molecule has 2 amide bonds.